The van der Waals surface area contributed by atoms with Gasteiger partial charge in [-0.3, -0.25) is 14.9 Å². The molecule has 0 radical (unpaired) electrons. The molecule has 0 heterocycles. The van der Waals surface area contributed by atoms with Crippen molar-refractivity contribution in [2.45, 2.75) is 24.3 Å². The van der Waals surface area contributed by atoms with E-state index >= 15 is 0 Å². The molecule has 10 heteroatoms. The summed E-state index contributed by atoms with van der Waals surface area (Å²) in [6.07, 6.45) is 0.0621. The number of carbonyl (C=O) groups excluding carboxylic acids is 1. The summed E-state index contributed by atoms with van der Waals surface area (Å²) >= 11 is 5.55. The van der Waals surface area contributed by atoms with Crippen LogP contribution in [0.15, 0.2) is 29.2 Å². The van der Waals surface area contributed by atoms with Crippen molar-refractivity contribution in [1.29, 1.82) is 0 Å². The molecule has 0 saturated heterocycles. The summed E-state index contributed by atoms with van der Waals surface area (Å²) in [7, 11) is -4.02. The highest BCUT2D eigenvalue weighted by molar-refractivity contribution is 7.89. The molecular formula is C12H15ClN2O6S. The van der Waals surface area contributed by atoms with E-state index in [4.69, 9.17) is 16.3 Å². The Kier molecular flexibility index (Phi) is 6.72. The first kappa shape index (κ1) is 18.3. The number of carbonyl (C=O) groups is 1. The molecule has 1 aromatic rings. The number of esters is 1. The van der Waals surface area contributed by atoms with Crippen LogP contribution in [-0.2, 0) is 19.6 Å². The Balaban J connectivity index is 2.96. The second kappa shape index (κ2) is 8.06. The molecule has 0 aliphatic rings. The van der Waals surface area contributed by atoms with Gasteiger partial charge in [-0.25, -0.2) is 8.42 Å². The number of hydrogen-bond acceptors (Lipinski definition) is 6. The lowest BCUT2D eigenvalue weighted by Gasteiger charge is -2.16. The molecule has 1 aromatic carbocycles. The highest BCUT2D eigenvalue weighted by Crippen LogP contribution is 2.16. The number of hydrogen-bond donors (Lipinski definition) is 1. The number of nitro groups is 1. The number of non-ortho nitro benzene ring substituents is 1. The summed E-state index contributed by atoms with van der Waals surface area (Å²) in [6, 6.07) is 3.19. The summed E-state index contributed by atoms with van der Waals surface area (Å²) in [4.78, 5) is 21.4. The molecule has 8 nitrogen and oxygen atoms in total. The molecule has 1 rings (SSSR count). The molecule has 0 fully saturated rings. The zero-order valence-electron chi connectivity index (χ0n) is 11.7. The number of benzene rings is 1. The average Bonchev–Trinajstić information content (AvgIpc) is 2.47. The van der Waals surface area contributed by atoms with Gasteiger partial charge < -0.3 is 4.74 Å². The molecule has 0 unspecified atom stereocenters. The summed E-state index contributed by atoms with van der Waals surface area (Å²) in [6.45, 7) is 1.71. The first-order valence-electron chi connectivity index (χ1n) is 6.31. The minimum absolute atomic E-state index is 0.0618. The number of alkyl halides is 1. The van der Waals surface area contributed by atoms with Crippen LogP contribution in [0.5, 0.6) is 0 Å². The molecule has 22 heavy (non-hydrogen) atoms. The number of nitro benzene ring substituents is 1. The molecule has 0 spiro atoms. The van der Waals surface area contributed by atoms with Crippen molar-refractivity contribution in [3.63, 3.8) is 0 Å². The highest BCUT2D eigenvalue weighted by atomic mass is 35.5. The first-order valence-corrected chi connectivity index (χ1v) is 8.33. The minimum Gasteiger partial charge on any atom is -0.465 e. The van der Waals surface area contributed by atoms with Crippen LogP contribution in [0.1, 0.15) is 13.3 Å². The topological polar surface area (TPSA) is 116 Å². The van der Waals surface area contributed by atoms with Gasteiger partial charge >= 0.3 is 5.97 Å². The fraction of sp³-hybridized carbons (Fsp3) is 0.417. The fourth-order valence-electron chi connectivity index (χ4n) is 1.58. The molecule has 0 saturated carbocycles. The van der Waals surface area contributed by atoms with Gasteiger partial charge in [0.2, 0.25) is 10.0 Å². The molecule has 1 atom stereocenters. The second-order valence-corrected chi connectivity index (χ2v) is 6.25. The lowest BCUT2D eigenvalue weighted by atomic mass is 10.2. The van der Waals surface area contributed by atoms with Gasteiger partial charge in [-0.2, -0.15) is 4.72 Å². The number of ether oxygens (including phenoxy) is 1. The number of halogens is 1. The summed E-state index contributed by atoms with van der Waals surface area (Å²) < 4.78 is 31.3. The molecule has 0 aromatic heterocycles. The third kappa shape index (κ3) is 4.93. The van der Waals surface area contributed by atoms with Crippen molar-refractivity contribution in [1.82, 2.24) is 4.72 Å². The van der Waals surface area contributed by atoms with Crippen LogP contribution in [0.2, 0.25) is 0 Å². The third-order valence-electron chi connectivity index (χ3n) is 2.62. The molecule has 0 aliphatic heterocycles. The van der Waals surface area contributed by atoms with E-state index in [0.29, 0.717) is 0 Å². The molecular weight excluding hydrogens is 336 g/mol. The second-order valence-electron chi connectivity index (χ2n) is 4.15. The Morgan fingerprint density at radius 3 is 2.45 bits per heavy atom. The molecule has 0 bridgehead atoms. The Bertz CT molecular complexity index is 632. The van der Waals surface area contributed by atoms with Crippen LogP contribution in [0, 0.1) is 10.1 Å². The standard InChI is InChI=1S/C12H15ClN2O6S/c1-2-21-12(16)11(7-8-13)14-22(19,20)10-5-3-9(4-6-10)15(17)18/h3-6,11,14H,2,7-8H2,1H3/t11-/m0/s1. The zero-order chi connectivity index (χ0) is 16.8. The number of nitrogens with zero attached hydrogens (tertiary/aromatic N) is 1. The predicted molar refractivity (Wildman–Crippen MR) is 79.2 cm³/mol. The number of sulfonamides is 1. The van der Waals surface area contributed by atoms with Crippen LogP contribution in [0.25, 0.3) is 0 Å². The van der Waals surface area contributed by atoms with E-state index in [0.717, 1.165) is 24.3 Å². The maximum atomic E-state index is 12.2. The Morgan fingerprint density at radius 1 is 1.41 bits per heavy atom. The van der Waals surface area contributed by atoms with E-state index in [1.54, 1.807) is 6.92 Å². The van der Waals surface area contributed by atoms with E-state index < -0.39 is 27.0 Å². The van der Waals surface area contributed by atoms with Gasteiger partial charge in [0.25, 0.3) is 5.69 Å². The fourth-order valence-corrected chi connectivity index (χ4v) is 3.02. The highest BCUT2D eigenvalue weighted by Gasteiger charge is 2.26. The van der Waals surface area contributed by atoms with E-state index in [-0.39, 0.29) is 29.5 Å². The number of rotatable bonds is 8. The SMILES string of the molecule is CCOC(=O)[C@H](CCCl)NS(=O)(=O)c1ccc([N+](=O)[O-])cc1. The quantitative estimate of drug-likeness (QED) is 0.328. The summed E-state index contributed by atoms with van der Waals surface area (Å²) in [5.41, 5.74) is -0.235. The van der Waals surface area contributed by atoms with Crippen molar-refractivity contribution < 1.29 is 22.9 Å². The monoisotopic (exact) mass is 350 g/mol. The van der Waals surface area contributed by atoms with E-state index in [1.807, 2.05) is 0 Å². The predicted octanol–water partition coefficient (Wildman–Crippen LogP) is 1.43. The minimum atomic E-state index is -4.02. The smallest absolute Gasteiger partial charge is 0.324 e. The van der Waals surface area contributed by atoms with Gasteiger partial charge in [-0.05, 0) is 25.5 Å². The van der Waals surface area contributed by atoms with Crippen molar-refractivity contribution in [3.05, 3.63) is 34.4 Å². The Morgan fingerprint density at radius 2 is 2.00 bits per heavy atom. The van der Waals surface area contributed by atoms with Crippen LogP contribution in [-0.4, -0.2) is 37.8 Å². The lowest BCUT2D eigenvalue weighted by Crippen LogP contribution is -2.42. The lowest BCUT2D eigenvalue weighted by molar-refractivity contribution is -0.384. The van der Waals surface area contributed by atoms with E-state index in [9.17, 15) is 23.3 Å². The van der Waals surface area contributed by atoms with Crippen LogP contribution in [0.4, 0.5) is 5.69 Å². The van der Waals surface area contributed by atoms with Gasteiger partial charge in [0, 0.05) is 18.0 Å². The van der Waals surface area contributed by atoms with E-state index in [1.165, 1.54) is 0 Å². The molecule has 1 N–H and O–H groups in total. The summed E-state index contributed by atoms with van der Waals surface area (Å²) in [5, 5.41) is 10.6. The van der Waals surface area contributed by atoms with Crippen LogP contribution >= 0.6 is 11.6 Å². The van der Waals surface area contributed by atoms with Crippen molar-refractivity contribution in [2.75, 3.05) is 12.5 Å². The van der Waals surface area contributed by atoms with Crippen LogP contribution in [0.3, 0.4) is 0 Å². The molecule has 0 aliphatic carbocycles. The third-order valence-corrected chi connectivity index (χ3v) is 4.33. The average molecular weight is 351 g/mol. The Labute approximate surface area is 132 Å². The van der Waals surface area contributed by atoms with E-state index in [2.05, 4.69) is 4.72 Å². The first-order chi connectivity index (χ1) is 10.3. The van der Waals surface area contributed by atoms with Crippen molar-refractivity contribution in [2.24, 2.45) is 0 Å². The maximum absolute atomic E-state index is 12.2. The Hall–Kier alpha value is -1.71. The van der Waals surface area contributed by atoms with Crippen molar-refractivity contribution >= 4 is 33.3 Å². The number of nitrogens with one attached hydrogen (secondary N) is 1. The van der Waals surface area contributed by atoms with Crippen molar-refractivity contribution in [3.8, 4) is 0 Å². The zero-order valence-corrected chi connectivity index (χ0v) is 13.3. The van der Waals surface area contributed by atoms with Gasteiger partial charge in [-0.15, -0.1) is 11.6 Å². The van der Waals surface area contributed by atoms with Gasteiger partial charge in [0.15, 0.2) is 0 Å². The van der Waals surface area contributed by atoms with Gasteiger partial charge in [-0.1, -0.05) is 0 Å². The normalized spacial score (nSPS) is 12.6. The van der Waals surface area contributed by atoms with Crippen LogP contribution < -0.4 is 4.72 Å². The maximum Gasteiger partial charge on any atom is 0.324 e. The molecule has 0 amide bonds. The van der Waals surface area contributed by atoms with Gasteiger partial charge in [0.05, 0.1) is 16.4 Å². The molecule has 122 valence electrons. The van der Waals surface area contributed by atoms with Gasteiger partial charge in [0.1, 0.15) is 6.04 Å². The largest absolute Gasteiger partial charge is 0.465 e. The summed E-state index contributed by atoms with van der Waals surface area (Å²) in [5.74, 6) is -0.666.